The van der Waals surface area contributed by atoms with Crippen molar-refractivity contribution in [2.75, 3.05) is 26.5 Å². The van der Waals surface area contributed by atoms with Crippen molar-refractivity contribution in [3.63, 3.8) is 0 Å². The summed E-state index contributed by atoms with van der Waals surface area (Å²) in [5.41, 5.74) is 2.22. The van der Waals surface area contributed by atoms with Gasteiger partial charge >= 0.3 is 6.18 Å². The molecule has 0 spiro atoms. The lowest BCUT2D eigenvalue weighted by atomic mass is 10.1. The van der Waals surface area contributed by atoms with Gasteiger partial charge in [-0.25, -0.2) is 15.0 Å². The highest BCUT2D eigenvalue weighted by molar-refractivity contribution is 5.93. The number of halogens is 3. The van der Waals surface area contributed by atoms with E-state index in [4.69, 9.17) is 4.74 Å². The van der Waals surface area contributed by atoms with Gasteiger partial charge in [0.05, 0.1) is 36.1 Å². The molecule has 0 aliphatic carbocycles. The number of hydrogen-bond acceptors (Lipinski definition) is 6. The molecule has 2 heterocycles. The number of aryl methyl sites for hydroxylation is 1. The standard InChI is InChI=1S/C25H23F3N6O2/c1-15-13-34(14-29-15)21-10-9-18(11-22(21)36-4)30-24-31-19(12-20(32-24)23(35)33(2)3)16-5-7-17(8-6-16)25(26,27)28/h5-14H,1-4H3,(H,30,31,32). The van der Waals surface area contributed by atoms with Crippen LogP contribution in [0, 0.1) is 6.92 Å². The zero-order valence-corrected chi connectivity index (χ0v) is 20.0. The zero-order valence-electron chi connectivity index (χ0n) is 20.0. The van der Waals surface area contributed by atoms with E-state index in [0.29, 0.717) is 22.7 Å². The Labute approximate surface area is 205 Å². The largest absolute Gasteiger partial charge is 0.494 e. The maximum Gasteiger partial charge on any atom is 0.416 e. The van der Waals surface area contributed by atoms with Crippen LogP contribution in [0.3, 0.4) is 0 Å². The number of anilines is 2. The molecule has 0 atom stereocenters. The molecule has 11 heteroatoms. The number of rotatable bonds is 6. The van der Waals surface area contributed by atoms with Crippen LogP contribution in [0.25, 0.3) is 16.9 Å². The zero-order chi connectivity index (χ0) is 26.0. The molecule has 36 heavy (non-hydrogen) atoms. The van der Waals surface area contributed by atoms with Gasteiger partial charge in [0.25, 0.3) is 5.91 Å². The summed E-state index contributed by atoms with van der Waals surface area (Å²) in [4.78, 5) is 27.0. The van der Waals surface area contributed by atoms with Gasteiger partial charge in [0, 0.05) is 37.6 Å². The highest BCUT2D eigenvalue weighted by atomic mass is 19.4. The minimum Gasteiger partial charge on any atom is -0.494 e. The third-order valence-corrected chi connectivity index (χ3v) is 5.29. The van der Waals surface area contributed by atoms with Gasteiger partial charge in [-0.2, -0.15) is 13.2 Å². The number of carbonyl (C=O) groups excluding carboxylic acids is 1. The summed E-state index contributed by atoms with van der Waals surface area (Å²) in [7, 11) is 4.70. The molecular weight excluding hydrogens is 473 g/mol. The van der Waals surface area contributed by atoms with Gasteiger partial charge in [-0.1, -0.05) is 12.1 Å². The van der Waals surface area contributed by atoms with Gasteiger partial charge in [0.15, 0.2) is 0 Å². The van der Waals surface area contributed by atoms with Crippen molar-refractivity contribution >= 4 is 17.5 Å². The Morgan fingerprint density at radius 3 is 2.36 bits per heavy atom. The smallest absolute Gasteiger partial charge is 0.416 e. The Morgan fingerprint density at radius 2 is 1.78 bits per heavy atom. The Balaban J connectivity index is 1.71. The van der Waals surface area contributed by atoms with E-state index < -0.39 is 11.7 Å². The van der Waals surface area contributed by atoms with Crippen LogP contribution in [-0.4, -0.2) is 51.5 Å². The lowest BCUT2D eigenvalue weighted by Gasteiger charge is -2.15. The summed E-state index contributed by atoms with van der Waals surface area (Å²) < 4.78 is 46.3. The molecule has 1 N–H and O–H groups in total. The molecule has 0 aliphatic heterocycles. The van der Waals surface area contributed by atoms with Crippen molar-refractivity contribution in [2.45, 2.75) is 13.1 Å². The van der Waals surface area contributed by atoms with E-state index in [1.54, 1.807) is 39.7 Å². The average Bonchev–Trinajstić information content (AvgIpc) is 3.28. The van der Waals surface area contributed by atoms with E-state index in [0.717, 1.165) is 23.5 Å². The van der Waals surface area contributed by atoms with Gasteiger partial charge < -0.3 is 19.5 Å². The average molecular weight is 496 g/mol. The van der Waals surface area contributed by atoms with Gasteiger partial charge in [-0.15, -0.1) is 0 Å². The van der Waals surface area contributed by atoms with Crippen molar-refractivity contribution in [2.24, 2.45) is 0 Å². The Hall–Kier alpha value is -4.41. The van der Waals surface area contributed by atoms with Gasteiger partial charge in [-0.05, 0) is 37.3 Å². The van der Waals surface area contributed by atoms with E-state index in [1.807, 2.05) is 23.8 Å². The summed E-state index contributed by atoms with van der Waals surface area (Å²) in [6, 6.07) is 11.4. The number of ether oxygens (including phenoxy) is 1. The lowest BCUT2D eigenvalue weighted by Crippen LogP contribution is -2.23. The monoisotopic (exact) mass is 496 g/mol. The van der Waals surface area contributed by atoms with E-state index in [1.165, 1.54) is 23.1 Å². The fourth-order valence-electron chi connectivity index (χ4n) is 3.47. The summed E-state index contributed by atoms with van der Waals surface area (Å²) in [5.74, 6) is 0.281. The molecule has 1 amide bonds. The quantitative estimate of drug-likeness (QED) is 0.399. The first kappa shape index (κ1) is 24.7. The van der Waals surface area contributed by atoms with E-state index in [2.05, 4.69) is 20.3 Å². The van der Waals surface area contributed by atoms with Gasteiger partial charge in [0.2, 0.25) is 5.95 Å². The molecule has 2 aromatic heterocycles. The lowest BCUT2D eigenvalue weighted by molar-refractivity contribution is -0.137. The van der Waals surface area contributed by atoms with Crippen molar-refractivity contribution in [3.05, 3.63) is 78.0 Å². The van der Waals surface area contributed by atoms with Crippen LogP contribution in [-0.2, 0) is 6.18 Å². The van der Waals surface area contributed by atoms with Crippen LogP contribution in [0.2, 0.25) is 0 Å². The van der Waals surface area contributed by atoms with E-state index in [9.17, 15) is 18.0 Å². The second-order valence-electron chi connectivity index (χ2n) is 8.17. The second-order valence-corrected chi connectivity index (χ2v) is 8.17. The third kappa shape index (κ3) is 5.29. The number of hydrogen-bond donors (Lipinski definition) is 1. The van der Waals surface area contributed by atoms with Crippen LogP contribution >= 0.6 is 0 Å². The minimum absolute atomic E-state index is 0.0878. The number of methoxy groups -OCH3 is 1. The summed E-state index contributed by atoms with van der Waals surface area (Å²) in [6.45, 7) is 1.88. The first-order chi connectivity index (χ1) is 17.0. The summed E-state index contributed by atoms with van der Waals surface area (Å²) in [5, 5.41) is 3.06. The number of aromatic nitrogens is 4. The Bertz CT molecular complexity index is 1400. The number of benzene rings is 2. The fourth-order valence-corrected chi connectivity index (χ4v) is 3.47. The number of nitrogens with one attached hydrogen (secondary N) is 1. The molecule has 0 bridgehead atoms. The van der Waals surface area contributed by atoms with Gasteiger partial charge in [-0.3, -0.25) is 4.79 Å². The predicted molar refractivity (Wildman–Crippen MR) is 129 cm³/mol. The number of amides is 1. The van der Waals surface area contributed by atoms with Crippen LogP contribution in [0.5, 0.6) is 5.75 Å². The fraction of sp³-hybridized carbons (Fsp3) is 0.200. The second kappa shape index (κ2) is 9.68. The molecule has 0 unspecified atom stereocenters. The number of nitrogens with zero attached hydrogens (tertiary/aromatic N) is 5. The van der Waals surface area contributed by atoms with Gasteiger partial charge in [0.1, 0.15) is 11.4 Å². The van der Waals surface area contributed by atoms with E-state index in [-0.39, 0.29) is 17.5 Å². The molecule has 4 aromatic rings. The van der Waals surface area contributed by atoms with Crippen molar-refractivity contribution in [1.82, 2.24) is 24.4 Å². The minimum atomic E-state index is -4.45. The van der Waals surface area contributed by atoms with Crippen molar-refractivity contribution < 1.29 is 22.7 Å². The Morgan fingerprint density at radius 1 is 1.06 bits per heavy atom. The molecule has 2 aromatic carbocycles. The normalized spacial score (nSPS) is 11.3. The molecule has 0 radical (unpaired) electrons. The number of alkyl halides is 3. The highest BCUT2D eigenvalue weighted by Crippen LogP contribution is 2.32. The maximum atomic E-state index is 13.0. The topological polar surface area (TPSA) is 85.2 Å². The van der Waals surface area contributed by atoms with Crippen molar-refractivity contribution in [3.8, 4) is 22.7 Å². The third-order valence-electron chi connectivity index (χ3n) is 5.29. The maximum absolute atomic E-state index is 13.0. The highest BCUT2D eigenvalue weighted by Gasteiger charge is 2.30. The molecule has 4 rings (SSSR count). The molecular formula is C25H23F3N6O2. The van der Waals surface area contributed by atoms with Crippen LogP contribution in [0.4, 0.5) is 24.8 Å². The van der Waals surface area contributed by atoms with Crippen LogP contribution < -0.4 is 10.1 Å². The van der Waals surface area contributed by atoms with Crippen LogP contribution in [0.1, 0.15) is 21.7 Å². The summed E-state index contributed by atoms with van der Waals surface area (Å²) >= 11 is 0. The predicted octanol–water partition coefficient (Wildman–Crippen LogP) is 5.11. The van der Waals surface area contributed by atoms with Crippen LogP contribution in [0.15, 0.2) is 61.1 Å². The molecule has 186 valence electrons. The van der Waals surface area contributed by atoms with Crippen molar-refractivity contribution in [1.29, 1.82) is 0 Å². The Kier molecular flexibility index (Phi) is 6.65. The molecule has 0 saturated carbocycles. The summed E-state index contributed by atoms with van der Waals surface area (Å²) in [6.07, 6.45) is -0.916. The molecule has 0 aliphatic rings. The number of imidazole rings is 1. The first-order valence-corrected chi connectivity index (χ1v) is 10.8. The number of carbonyl (C=O) groups is 1. The first-order valence-electron chi connectivity index (χ1n) is 10.8. The SMILES string of the molecule is COc1cc(Nc2nc(C(=O)N(C)C)cc(-c3ccc(C(F)(F)F)cc3)n2)ccc1-n1cnc(C)c1. The molecule has 0 fully saturated rings. The molecule has 8 nitrogen and oxygen atoms in total. The van der Waals surface area contributed by atoms with E-state index >= 15 is 0 Å². The molecule has 0 saturated heterocycles.